The van der Waals surface area contributed by atoms with E-state index in [1.165, 1.54) is 11.6 Å². The van der Waals surface area contributed by atoms with Crippen molar-refractivity contribution in [3.8, 4) is 0 Å². The molecule has 0 aromatic heterocycles. The number of allylic oxidation sites excluding steroid dienone is 2. The van der Waals surface area contributed by atoms with E-state index >= 15 is 0 Å². The molecule has 0 saturated carbocycles. The lowest BCUT2D eigenvalue weighted by molar-refractivity contribution is -0.138. The molecule has 1 aromatic rings. The summed E-state index contributed by atoms with van der Waals surface area (Å²) in [4.78, 5) is 14.7. The van der Waals surface area contributed by atoms with Crippen molar-refractivity contribution in [2.24, 2.45) is 11.8 Å². The minimum absolute atomic E-state index is 0.462. The summed E-state index contributed by atoms with van der Waals surface area (Å²) in [5.41, 5.74) is 1.20. The maximum Gasteiger partial charge on any atom is 0.348 e. The normalized spacial score (nSPS) is 13.0. The lowest BCUT2D eigenvalue weighted by atomic mass is 10.0. The Labute approximate surface area is 108 Å². The van der Waals surface area contributed by atoms with Crippen molar-refractivity contribution in [1.82, 2.24) is 0 Å². The first-order valence-corrected chi connectivity index (χ1v) is 6.03. The molecule has 1 atom stereocenters. The smallest absolute Gasteiger partial charge is 0.348 e. The van der Waals surface area contributed by atoms with E-state index in [9.17, 15) is 4.79 Å². The Balaban J connectivity index is 2.30. The van der Waals surface area contributed by atoms with Crippen LogP contribution in [0.3, 0.4) is 0 Å². The van der Waals surface area contributed by atoms with Crippen molar-refractivity contribution in [3.63, 3.8) is 0 Å². The second kappa shape index (κ2) is 8.25. The lowest BCUT2D eigenvalue weighted by Gasteiger charge is -2.02. The average molecular weight is 245 g/mol. The number of hydrogen-bond acceptors (Lipinski definition) is 3. The van der Waals surface area contributed by atoms with Crippen molar-refractivity contribution in [2.45, 2.75) is 19.8 Å². The molecule has 18 heavy (non-hydrogen) atoms. The van der Waals surface area contributed by atoms with Gasteiger partial charge in [-0.25, -0.2) is 4.79 Å². The van der Waals surface area contributed by atoms with Gasteiger partial charge in [-0.3, -0.25) is 0 Å². The van der Waals surface area contributed by atoms with Gasteiger partial charge in [0.05, 0.1) is 0 Å². The highest BCUT2D eigenvalue weighted by Crippen LogP contribution is 2.10. The maximum atomic E-state index is 10.7. The topological polar surface area (TPSA) is 52.3 Å². The molecule has 0 bridgehead atoms. The van der Waals surface area contributed by atoms with Gasteiger partial charge in [0.1, 0.15) is 0 Å². The summed E-state index contributed by atoms with van der Waals surface area (Å²) in [6.45, 7) is 2.15. The first-order valence-electron chi connectivity index (χ1n) is 6.03. The van der Waals surface area contributed by atoms with Crippen LogP contribution in [-0.2, 0) is 9.63 Å². The summed E-state index contributed by atoms with van der Waals surface area (Å²) in [6, 6.07) is 10.2. The number of hydrogen-bond donors (Lipinski definition) is 1. The fraction of sp³-hybridized carbons (Fsp3) is 0.267. The van der Waals surface area contributed by atoms with Crippen molar-refractivity contribution in [2.75, 3.05) is 0 Å². The third-order valence-electron chi connectivity index (χ3n) is 2.58. The van der Waals surface area contributed by atoms with Crippen LogP contribution in [0, 0.1) is 5.92 Å². The van der Waals surface area contributed by atoms with Crippen LogP contribution in [0.2, 0.25) is 0 Å². The van der Waals surface area contributed by atoms with Crippen molar-refractivity contribution < 1.29 is 9.63 Å². The Hall–Kier alpha value is -1.87. The minimum atomic E-state index is -0.512. The Morgan fingerprint density at radius 1 is 1.39 bits per heavy atom. The van der Waals surface area contributed by atoms with Crippen LogP contribution in [0.1, 0.15) is 25.3 Å². The van der Waals surface area contributed by atoms with Crippen LogP contribution >= 0.6 is 0 Å². The van der Waals surface area contributed by atoms with Crippen LogP contribution in [0.15, 0.2) is 48.6 Å². The third-order valence-corrected chi connectivity index (χ3v) is 2.58. The van der Waals surface area contributed by atoms with Gasteiger partial charge in [0.2, 0.25) is 0 Å². The molecule has 0 radical (unpaired) electrons. The summed E-state index contributed by atoms with van der Waals surface area (Å²) in [7, 11) is 0. The van der Waals surface area contributed by atoms with Gasteiger partial charge in [0, 0.05) is 6.08 Å². The van der Waals surface area contributed by atoms with Crippen LogP contribution < -0.4 is 5.90 Å². The molecule has 0 aliphatic carbocycles. The standard InChI is InChI=1S/C15H19NO2/c1-13(7-5-6-10-15(17)18-16)11-12-14-8-3-2-4-9-14/h2-4,6,8-13H,5,7,16H2,1H3/b10-6+,12-11+/t13-/m0/s1. The lowest BCUT2D eigenvalue weighted by Crippen LogP contribution is -2.05. The highest BCUT2D eigenvalue weighted by atomic mass is 16.7. The SMILES string of the molecule is C[C@H](/C=C/c1ccccc1)CC/C=C/C(=O)ON. The molecule has 0 unspecified atom stereocenters. The zero-order valence-corrected chi connectivity index (χ0v) is 10.6. The van der Waals surface area contributed by atoms with Crippen LogP contribution in [0.4, 0.5) is 0 Å². The summed E-state index contributed by atoms with van der Waals surface area (Å²) in [6.07, 6.45) is 9.23. The van der Waals surface area contributed by atoms with Crippen molar-refractivity contribution in [1.29, 1.82) is 0 Å². The molecule has 1 rings (SSSR count). The molecule has 0 amide bonds. The van der Waals surface area contributed by atoms with Gasteiger partial charge in [-0.05, 0) is 24.3 Å². The zero-order valence-electron chi connectivity index (χ0n) is 10.6. The second-order valence-corrected chi connectivity index (χ2v) is 4.16. The highest BCUT2D eigenvalue weighted by Gasteiger charge is 1.96. The Bertz CT molecular complexity index is 410. The number of carbonyl (C=O) groups excluding carboxylic acids is 1. The Morgan fingerprint density at radius 2 is 2.11 bits per heavy atom. The molecule has 0 spiro atoms. The molecule has 3 heteroatoms. The molecule has 96 valence electrons. The summed E-state index contributed by atoms with van der Waals surface area (Å²) < 4.78 is 0. The molecule has 3 nitrogen and oxygen atoms in total. The molecule has 0 fully saturated rings. The van der Waals surface area contributed by atoms with E-state index in [2.05, 4.69) is 36.0 Å². The Morgan fingerprint density at radius 3 is 2.78 bits per heavy atom. The van der Waals surface area contributed by atoms with Gasteiger partial charge in [0.25, 0.3) is 0 Å². The molecule has 0 aliphatic heterocycles. The van der Waals surface area contributed by atoms with Gasteiger partial charge in [0.15, 0.2) is 0 Å². The molecular weight excluding hydrogens is 226 g/mol. The summed E-state index contributed by atoms with van der Waals surface area (Å²) >= 11 is 0. The fourth-order valence-corrected chi connectivity index (χ4v) is 1.51. The maximum absolute atomic E-state index is 10.7. The second-order valence-electron chi connectivity index (χ2n) is 4.16. The monoisotopic (exact) mass is 245 g/mol. The molecular formula is C15H19NO2. The van der Waals surface area contributed by atoms with E-state index < -0.39 is 5.97 Å². The first kappa shape index (κ1) is 14.2. The first-order chi connectivity index (χ1) is 8.72. The van der Waals surface area contributed by atoms with Gasteiger partial charge < -0.3 is 4.84 Å². The van der Waals surface area contributed by atoms with Gasteiger partial charge in [-0.1, -0.05) is 55.5 Å². The van der Waals surface area contributed by atoms with E-state index in [0.717, 1.165) is 12.8 Å². The van der Waals surface area contributed by atoms with E-state index in [4.69, 9.17) is 5.90 Å². The summed E-state index contributed by atoms with van der Waals surface area (Å²) in [5, 5.41) is 0. The van der Waals surface area contributed by atoms with Crippen LogP contribution in [0.25, 0.3) is 6.08 Å². The average Bonchev–Trinajstić information content (AvgIpc) is 2.42. The number of rotatable bonds is 6. The molecule has 0 heterocycles. The predicted octanol–water partition coefficient (Wildman–Crippen LogP) is 3.09. The summed E-state index contributed by atoms with van der Waals surface area (Å²) in [5.74, 6) is 4.66. The van der Waals surface area contributed by atoms with Crippen LogP contribution in [-0.4, -0.2) is 5.97 Å². The molecule has 2 N–H and O–H groups in total. The zero-order chi connectivity index (χ0) is 13.2. The minimum Gasteiger partial charge on any atom is -0.370 e. The van der Waals surface area contributed by atoms with Crippen molar-refractivity contribution in [3.05, 3.63) is 54.1 Å². The third kappa shape index (κ3) is 6.01. The van der Waals surface area contributed by atoms with Gasteiger partial charge >= 0.3 is 5.97 Å². The molecule has 0 aliphatic rings. The van der Waals surface area contributed by atoms with E-state index in [0.29, 0.717) is 5.92 Å². The highest BCUT2D eigenvalue weighted by molar-refractivity contribution is 5.81. The quantitative estimate of drug-likeness (QED) is 0.619. The Kier molecular flexibility index (Phi) is 6.51. The molecule has 0 saturated heterocycles. The van der Waals surface area contributed by atoms with Crippen LogP contribution in [0.5, 0.6) is 0 Å². The van der Waals surface area contributed by atoms with Crippen molar-refractivity contribution >= 4 is 12.0 Å². The fourth-order valence-electron chi connectivity index (χ4n) is 1.51. The predicted molar refractivity (Wildman–Crippen MR) is 73.3 cm³/mol. The van der Waals surface area contributed by atoms with E-state index in [-0.39, 0.29) is 0 Å². The largest absolute Gasteiger partial charge is 0.370 e. The number of carbonyl (C=O) groups is 1. The number of benzene rings is 1. The van der Waals surface area contributed by atoms with Gasteiger partial charge in [-0.15, -0.1) is 0 Å². The molecule has 1 aromatic carbocycles. The van der Waals surface area contributed by atoms with E-state index in [1.807, 2.05) is 18.2 Å². The van der Waals surface area contributed by atoms with Gasteiger partial charge in [-0.2, -0.15) is 5.90 Å². The number of nitrogens with two attached hydrogens (primary N) is 1. The van der Waals surface area contributed by atoms with E-state index in [1.54, 1.807) is 6.08 Å².